The summed E-state index contributed by atoms with van der Waals surface area (Å²) in [6, 6.07) is 5.46. The second-order valence-corrected chi connectivity index (χ2v) is 9.27. The van der Waals surface area contributed by atoms with Crippen LogP contribution in [0.3, 0.4) is 0 Å². The highest BCUT2D eigenvalue weighted by Gasteiger charge is 2.19. The molecule has 4 rings (SSSR count). The average Bonchev–Trinajstić information content (AvgIpc) is 3.16. The van der Waals surface area contributed by atoms with Crippen molar-refractivity contribution in [1.29, 1.82) is 0 Å². The van der Waals surface area contributed by atoms with Gasteiger partial charge in [0.1, 0.15) is 35.2 Å². The molecule has 0 saturated carbocycles. The van der Waals surface area contributed by atoms with Gasteiger partial charge in [0.2, 0.25) is 5.88 Å². The standard InChI is InChI=1S/C22H21F2N5O3S/c1-13-17(11-32-16-8-20-14(2)26-12-29(20)27-10-16)18(24)5-6-19(13)28-33(4,30)21-7-15(23)9-25-22(21)31-3/h5-10,12H,4,11H2,1-3H3,(H,28,30). The van der Waals surface area contributed by atoms with E-state index in [0.29, 0.717) is 17.0 Å². The van der Waals surface area contributed by atoms with Gasteiger partial charge in [0, 0.05) is 17.3 Å². The number of nitrogens with zero attached hydrogens (tertiary/aromatic N) is 4. The first kappa shape index (κ1) is 22.5. The van der Waals surface area contributed by atoms with Crippen LogP contribution in [-0.4, -0.2) is 36.8 Å². The van der Waals surface area contributed by atoms with Crippen molar-refractivity contribution >= 4 is 26.8 Å². The monoisotopic (exact) mass is 473 g/mol. The summed E-state index contributed by atoms with van der Waals surface area (Å²) in [5, 5.41) is 4.21. The van der Waals surface area contributed by atoms with Crippen molar-refractivity contribution in [2.24, 2.45) is 0 Å². The van der Waals surface area contributed by atoms with Gasteiger partial charge in [0.25, 0.3) is 0 Å². The predicted molar refractivity (Wildman–Crippen MR) is 121 cm³/mol. The van der Waals surface area contributed by atoms with Crippen LogP contribution in [0.2, 0.25) is 0 Å². The van der Waals surface area contributed by atoms with Crippen molar-refractivity contribution in [1.82, 2.24) is 19.6 Å². The summed E-state index contributed by atoms with van der Waals surface area (Å²) in [7, 11) is -1.95. The molecule has 3 aromatic heterocycles. The lowest BCUT2D eigenvalue weighted by Gasteiger charge is -2.19. The van der Waals surface area contributed by atoms with E-state index in [2.05, 4.69) is 25.7 Å². The quantitative estimate of drug-likeness (QED) is 0.412. The number of aryl methyl sites for hydroxylation is 1. The molecular weight excluding hydrogens is 452 g/mol. The predicted octanol–water partition coefficient (Wildman–Crippen LogP) is 3.71. The van der Waals surface area contributed by atoms with Gasteiger partial charge in [-0.25, -0.2) is 27.5 Å². The van der Waals surface area contributed by atoms with Crippen LogP contribution < -0.4 is 14.2 Å². The first-order valence-electron chi connectivity index (χ1n) is 9.75. The summed E-state index contributed by atoms with van der Waals surface area (Å²) < 4.78 is 56.9. The topological polar surface area (TPSA) is 90.6 Å². The maximum absolute atomic E-state index is 14.6. The number of aromatic nitrogens is 4. The third kappa shape index (κ3) is 4.44. The maximum atomic E-state index is 14.6. The van der Waals surface area contributed by atoms with Crippen LogP contribution in [0.5, 0.6) is 11.6 Å². The lowest BCUT2D eigenvalue weighted by molar-refractivity contribution is 0.297. The zero-order valence-electron chi connectivity index (χ0n) is 18.1. The first-order valence-corrected chi connectivity index (χ1v) is 11.5. The Kier molecular flexibility index (Phi) is 5.90. The second kappa shape index (κ2) is 8.66. The van der Waals surface area contributed by atoms with Crippen LogP contribution in [0.25, 0.3) is 5.52 Å². The molecule has 11 heteroatoms. The molecule has 0 aliphatic carbocycles. The molecule has 0 fully saturated rings. The summed E-state index contributed by atoms with van der Waals surface area (Å²) in [5.41, 5.74) is 2.62. The number of ether oxygens (including phenoxy) is 2. The molecule has 172 valence electrons. The van der Waals surface area contributed by atoms with E-state index in [1.165, 1.54) is 25.4 Å². The van der Waals surface area contributed by atoms with Gasteiger partial charge in [-0.05, 0) is 43.5 Å². The number of methoxy groups -OCH3 is 1. The molecule has 4 aromatic rings. The minimum absolute atomic E-state index is 0.0229. The number of anilines is 1. The average molecular weight is 474 g/mol. The molecule has 1 N–H and O–H groups in total. The molecule has 33 heavy (non-hydrogen) atoms. The molecule has 0 spiro atoms. The molecule has 0 amide bonds. The number of fused-ring (bicyclic) bond motifs is 1. The summed E-state index contributed by atoms with van der Waals surface area (Å²) in [4.78, 5) is 7.94. The fourth-order valence-electron chi connectivity index (χ4n) is 3.27. The van der Waals surface area contributed by atoms with Gasteiger partial charge in [-0.3, -0.25) is 0 Å². The Balaban J connectivity index is 1.61. The Morgan fingerprint density at radius 2 is 1.97 bits per heavy atom. The van der Waals surface area contributed by atoms with E-state index >= 15 is 0 Å². The smallest absolute Gasteiger partial charge is 0.231 e. The molecule has 0 bridgehead atoms. The highest BCUT2D eigenvalue weighted by atomic mass is 32.2. The van der Waals surface area contributed by atoms with Gasteiger partial charge in [0.05, 0.1) is 40.4 Å². The number of pyridine rings is 1. The SMILES string of the molecule is C=S(=O)(Nc1ccc(F)c(COc2cnn3cnc(C)c3c2)c1C)c1cc(F)cnc1OC. The van der Waals surface area contributed by atoms with E-state index in [1.807, 2.05) is 6.92 Å². The molecule has 3 heterocycles. The zero-order chi connectivity index (χ0) is 23.8. The minimum Gasteiger partial charge on any atom is -0.487 e. The number of imidazole rings is 1. The number of benzene rings is 1. The van der Waals surface area contributed by atoms with E-state index in [9.17, 15) is 13.0 Å². The molecule has 1 aromatic carbocycles. The Morgan fingerprint density at radius 3 is 2.73 bits per heavy atom. The maximum Gasteiger partial charge on any atom is 0.231 e. The van der Waals surface area contributed by atoms with Crippen LogP contribution in [0.15, 0.2) is 47.9 Å². The van der Waals surface area contributed by atoms with E-state index in [4.69, 9.17) is 9.47 Å². The number of rotatable bonds is 7. The summed E-state index contributed by atoms with van der Waals surface area (Å²) >= 11 is 0. The van der Waals surface area contributed by atoms with Crippen molar-refractivity contribution in [2.75, 3.05) is 11.8 Å². The largest absolute Gasteiger partial charge is 0.487 e. The van der Waals surface area contributed by atoms with Crippen LogP contribution >= 0.6 is 0 Å². The van der Waals surface area contributed by atoms with E-state index in [1.54, 1.807) is 23.8 Å². The Morgan fingerprint density at radius 1 is 1.18 bits per heavy atom. The highest BCUT2D eigenvalue weighted by Crippen LogP contribution is 2.29. The van der Waals surface area contributed by atoms with Crippen molar-refractivity contribution < 1.29 is 22.5 Å². The Hall–Kier alpha value is -3.73. The van der Waals surface area contributed by atoms with Crippen LogP contribution in [0.4, 0.5) is 14.5 Å². The number of halogens is 2. The van der Waals surface area contributed by atoms with Gasteiger partial charge in [-0.15, -0.1) is 0 Å². The van der Waals surface area contributed by atoms with Crippen molar-refractivity contribution in [3.05, 3.63) is 71.4 Å². The lowest BCUT2D eigenvalue weighted by Crippen LogP contribution is -2.16. The Labute approximate surface area is 189 Å². The molecular formula is C22H21F2N5O3S. The van der Waals surface area contributed by atoms with Crippen molar-refractivity contribution in [3.8, 4) is 11.6 Å². The van der Waals surface area contributed by atoms with Gasteiger partial charge in [-0.2, -0.15) is 5.10 Å². The third-order valence-corrected chi connectivity index (χ3v) is 6.65. The fourth-order valence-corrected chi connectivity index (χ4v) is 4.67. The zero-order valence-corrected chi connectivity index (χ0v) is 18.9. The summed E-state index contributed by atoms with van der Waals surface area (Å²) in [6.45, 7) is 3.41. The van der Waals surface area contributed by atoms with Crippen LogP contribution in [0, 0.1) is 25.5 Å². The normalized spacial score (nSPS) is 13.0. The molecule has 0 radical (unpaired) electrons. The van der Waals surface area contributed by atoms with Crippen molar-refractivity contribution in [2.45, 2.75) is 25.3 Å². The van der Waals surface area contributed by atoms with E-state index in [-0.39, 0.29) is 22.9 Å². The molecule has 1 unspecified atom stereocenters. The molecule has 0 saturated heterocycles. The fraction of sp³-hybridized carbons (Fsp3) is 0.182. The van der Waals surface area contributed by atoms with E-state index in [0.717, 1.165) is 23.5 Å². The molecule has 1 atom stereocenters. The minimum atomic E-state index is -3.28. The van der Waals surface area contributed by atoms with Crippen molar-refractivity contribution in [3.63, 3.8) is 0 Å². The van der Waals surface area contributed by atoms with Gasteiger partial charge in [0.15, 0.2) is 0 Å². The second-order valence-electron chi connectivity index (χ2n) is 7.28. The highest BCUT2D eigenvalue weighted by molar-refractivity contribution is 8.01. The molecule has 8 nitrogen and oxygen atoms in total. The van der Waals surface area contributed by atoms with Crippen LogP contribution in [0.1, 0.15) is 16.8 Å². The Bertz CT molecular complexity index is 1450. The number of nitrogens with one attached hydrogen (secondary N) is 1. The number of hydrogen-bond donors (Lipinski definition) is 1. The number of hydrogen-bond acceptors (Lipinski definition) is 6. The third-order valence-electron chi connectivity index (χ3n) is 5.10. The van der Waals surface area contributed by atoms with Crippen LogP contribution in [-0.2, 0) is 16.3 Å². The summed E-state index contributed by atoms with van der Waals surface area (Å²) in [6.07, 6.45) is 4.05. The van der Waals surface area contributed by atoms with Gasteiger partial charge in [-0.1, -0.05) is 0 Å². The lowest BCUT2D eigenvalue weighted by atomic mass is 10.1. The molecule has 0 aliphatic heterocycles. The first-order chi connectivity index (χ1) is 15.7. The van der Waals surface area contributed by atoms with Gasteiger partial charge < -0.3 is 14.2 Å². The molecule has 0 aliphatic rings. The van der Waals surface area contributed by atoms with Gasteiger partial charge >= 0.3 is 0 Å². The van der Waals surface area contributed by atoms with E-state index < -0.39 is 21.3 Å². The summed E-state index contributed by atoms with van der Waals surface area (Å²) in [5.74, 6) is 2.93.